The van der Waals surface area contributed by atoms with E-state index in [2.05, 4.69) is 5.32 Å². The lowest BCUT2D eigenvalue weighted by atomic mass is 9.96. The van der Waals surface area contributed by atoms with Gasteiger partial charge in [0.05, 0.1) is 6.26 Å². The number of aliphatic hydroxyl groups is 1. The molecule has 1 aliphatic rings. The number of carboxylic acids is 1. The summed E-state index contributed by atoms with van der Waals surface area (Å²) >= 11 is 0. The number of nitrogens with one attached hydrogen (secondary N) is 1. The molecule has 9 heteroatoms. The van der Waals surface area contributed by atoms with Crippen molar-refractivity contribution in [2.45, 2.75) is 25.3 Å². The van der Waals surface area contributed by atoms with Crippen LogP contribution in [0.15, 0.2) is 0 Å². The molecule has 116 valence electrons. The molecular formula is C11H20N2O6S. The molecule has 1 aliphatic heterocycles. The number of sulfonamides is 1. The highest BCUT2D eigenvalue weighted by molar-refractivity contribution is 7.88. The third kappa shape index (κ3) is 4.73. The van der Waals surface area contributed by atoms with Gasteiger partial charge < -0.3 is 15.5 Å². The Morgan fingerprint density at radius 1 is 1.35 bits per heavy atom. The normalized spacial score (nSPS) is 19.5. The monoisotopic (exact) mass is 308 g/mol. The molecule has 0 aromatic heterocycles. The van der Waals surface area contributed by atoms with Gasteiger partial charge in [0.2, 0.25) is 15.9 Å². The van der Waals surface area contributed by atoms with Crippen molar-refractivity contribution in [2.24, 2.45) is 5.92 Å². The first-order chi connectivity index (χ1) is 9.25. The maximum absolute atomic E-state index is 11.9. The van der Waals surface area contributed by atoms with E-state index in [1.807, 2.05) is 0 Å². The summed E-state index contributed by atoms with van der Waals surface area (Å²) < 4.78 is 24.0. The fourth-order valence-corrected chi connectivity index (χ4v) is 3.00. The van der Waals surface area contributed by atoms with Crippen LogP contribution in [-0.2, 0) is 19.6 Å². The van der Waals surface area contributed by atoms with Crippen LogP contribution < -0.4 is 5.32 Å². The molecule has 1 fully saturated rings. The fraction of sp³-hybridized carbons (Fsp3) is 0.818. The maximum Gasteiger partial charge on any atom is 0.326 e. The summed E-state index contributed by atoms with van der Waals surface area (Å²) in [4.78, 5) is 22.8. The van der Waals surface area contributed by atoms with Gasteiger partial charge in [0.15, 0.2) is 0 Å². The second-order valence-corrected chi connectivity index (χ2v) is 6.83. The predicted octanol–water partition coefficient (Wildman–Crippen LogP) is -1.39. The predicted molar refractivity (Wildman–Crippen MR) is 70.4 cm³/mol. The standard InChI is InChI=1S/C11H20N2O6S/c1-20(18,19)13-5-2-8(3-6-13)10(15)12-9(4-7-14)11(16)17/h8-9,14H,2-7H2,1H3,(H,12,15)(H,16,17). The van der Waals surface area contributed by atoms with Crippen molar-refractivity contribution in [1.82, 2.24) is 9.62 Å². The van der Waals surface area contributed by atoms with Crippen LogP contribution in [-0.4, -0.2) is 66.8 Å². The Bertz CT molecular complexity index is 456. The summed E-state index contributed by atoms with van der Waals surface area (Å²) in [6, 6.07) is -1.11. The average molecular weight is 308 g/mol. The lowest BCUT2D eigenvalue weighted by Crippen LogP contribution is -2.47. The smallest absolute Gasteiger partial charge is 0.326 e. The molecule has 0 radical (unpaired) electrons. The molecule has 0 aromatic carbocycles. The van der Waals surface area contributed by atoms with E-state index in [1.165, 1.54) is 4.31 Å². The first-order valence-corrected chi connectivity index (χ1v) is 8.19. The van der Waals surface area contributed by atoms with Crippen LogP contribution in [0.4, 0.5) is 0 Å². The number of rotatable bonds is 6. The third-order valence-corrected chi connectivity index (χ3v) is 4.63. The average Bonchev–Trinajstić information content (AvgIpc) is 2.37. The van der Waals surface area contributed by atoms with Gasteiger partial charge in [-0.15, -0.1) is 0 Å². The van der Waals surface area contributed by atoms with E-state index < -0.39 is 33.9 Å². The molecule has 0 aliphatic carbocycles. The van der Waals surface area contributed by atoms with E-state index in [0.29, 0.717) is 12.8 Å². The molecule has 0 aromatic rings. The van der Waals surface area contributed by atoms with Crippen molar-refractivity contribution >= 4 is 21.9 Å². The Morgan fingerprint density at radius 3 is 2.30 bits per heavy atom. The number of aliphatic hydroxyl groups excluding tert-OH is 1. The van der Waals surface area contributed by atoms with Crippen LogP contribution in [0.1, 0.15) is 19.3 Å². The van der Waals surface area contributed by atoms with Gasteiger partial charge in [0, 0.05) is 32.0 Å². The number of carbonyl (C=O) groups excluding carboxylic acids is 1. The van der Waals surface area contributed by atoms with E-state index in [-0.39, 0.29) is 26.1 Å². The number of piperidine rings is 1. The van der Waals surface area contributed by atoms with E-state index in [0.717, 1.165) is 6.26 Å². The number of carboxylic acid groups (broad SMARTS) is 1. The number of nitrogens with zero attached hydrogens (tertiary/aromatic N) is 1. The number of aliphatic carboxylic acids is 1. The van der Waals surface area contributed by atoms with Gasteiger partial charge in [-0.1, -0.05) is 0 Å². The molecule has 0 bridgehead atoms. The quantitative estimate of drug-likeness (QED) is 0.555. The van der Waals surface area contributed by atoms with E-state index >= 15 is 0 Å². The Labute approximate surface area is 117 Å². The second kappa shape index (κ2) is 7.00. The molecule has 1 unspecified atom stereocenters. The molecule has 1 amide bonds. The molecule has 1 rings (SSSR count). The van der Waals surface area contributed by atoms with Gasteiger partial charge in [0.1, 0.15) is 6.04 Å². The van der Waals surface area contributed by atoms with Crippen molar-refractivity contribution in [1.29, 1.82) is 0 Å². The zero-order valence-electron chi connectivity index (χ0n) is 11.3. The third-order valence-electron chi connectivity index (χ3n) is 3.33. The summed E-state index contributed by atoms with van der Waals surface area (Å²) in [6.45, 7) is 0.188. The van der Waals surface area contributed by atoms with Crippen LogP contribution in [0, 0.1) is 5.92 Å². The van der Waals surface area contributed by atoms with E-state index in [1.54, 1.807) is 0 Å². The van der Waals surface area contributed by atoms with Gasteiger partial charge >= 0.3 is 5.97 Å². The molecule has 1 saturated heterocycles. The summed E-state index contributed by atoms with van der Waals surface area (Å²) in [7, 11) is -3.25. The Balaban J connectivity index is 2.52. The summed E-state index contributed by atoms with van der Waals surface area (Å²) in [5.74, 6) is -1.99. The zero-order valence-corrected chi connectivity index (χ0v) is 12.1. The Kier molecular flexibility index (Phi) is 5.90. The van der Waals surface area contributed by atoms with Crippen molar-refractivity contribution in [3.05, 3.63) is 0 Å². The molecule has 3 N–H and O–H groups in total. The minimum atomic E-state index is -3.25. The highest BCUT2D eigenvalue weighted by Crippen LogP contribution is 2.19. The highest BCUT2D eigenvalue weighted by Gasteiger charge is 2.30. The molecule has 8 nitrogen and oxygen atoms in total. The fourth-order valence-electron chi connectivity index (χ4n) is 2.13. The van der Waals surface area contributed by atoms with Crippen LogP contribution >= 0.6 is 0 Å². The summed E-state index contributed by atoms with van der Waals surface area (Å²) in [5, 5.41) is 20.0. The maximum atomic E-state index is 11.9. The van der Waals surface area contributed by atoms with E-state index in [9.17, 15) is 18.0 Å². The van der Waals surface area contributed by atoms with Gasteiger partial charge in [-0.05, 0) is 12.8 Å². The van der Waals surface area contributed by atoms with Gasteiger partial charge in [0.25, 0.3) is 0 Å². The van der Waals surface area contributed by atoms with Crippen molar-refractivity contribution in [3.63, 3.8) is 0 Å². The van der Waals surface area contributed by atoms with Crippen molar-refractivity contribution in [3.8, 4) is 0 Å². The molecule has 0 saturated carbocycles. The van der Waals surface area contributed by atoms with E-state index in [4.69, 9.17) is 10.2 Å². The summed E-state index contributed by atoms with van der Waals surface area (Å²) in [6.07, 6.45) is 1.80. The lowest BCUT2D eigenvalue weighted by molar-refractivity contribution is -0.143. The van der Waals surface area contributed by atoms with Gasteiger partial charge in [-0.3, -0.25) is 4.79 Å². The zero-order chi connectivity index (χ0) is 15.3. The molecule has 20 heavy (non-hydrogen) atoms. The minimum absolute atomic E-state index is 0.0523. The van der Waals surface area contributed by atoms with Crippen LogP contribution in [0.25, 0.3) is 0 Å². The highest BCUT2D eigenvalue weighted by atomic mass is 32.2. The Morgan fingerprint density at radius 2 is 1.90 bits per heavy atom. The largest absolute Gasteiger partial charge is 0.480 e. The number of hydrogen-bond donors (Lipinski definition) is 3. The topological polar surface area (TPSA) is 124 Å². The molecule has 0 spiro atoms. The SMILES string of the molecule is CS(=O)(=O)N1CCC(C(=O)NC(CCO)C(=O)O)CC1. The summed E-state index contributed by atoms with van der Waals surface area (Å²) in [5.41, 5.74) is 0. The minimum Gasteiger partial charge on any atom is -0.480 e. The first kappa shape index (κ1) is 16.9. The Hall–Kier alpha value is -1.19. The first-order valence-electron chi connectivity index (χ1n) is 6.35. The molecule has 1 heterocycles. The lowest BCUT2D eigenvalue weighted by Gasteiger charge is -2.30. The van der Waals surface area contributed by atoms with Gasteiger partial charge in [-0.2, -0.15) is 0 Å². The molecule has 1 atom stereocenters. The number of hydrogen-bond acceptors (Lipinski definition) is 5. The second-order valence-electron chi connectivity index (χ2n) is 4.85. The van der Waals surface area contributed by atoms with Crippen LogP contribution in [0.3, 0.4) is 0 Å². The van der Waals surface area contributed by atoms with Gasteiger partial charge in [-0.25, -0.2) is 17.5 Å². The van der Waals surface area contributed by atoms with Crippen molar-refractivity contribution in [2.75, 3.05) is 26.0 Å². The number of carbonyl (C=O) groups is 2. The number of amides is 1. The molecular weight excluding hydrogens is 288 g/mol. The van der Waals surface area contributed by atoms with Crippen LogP contribution in [0.5, 0.6) is 0 Å². The van der Waals surface area contributed by atoms with Crippen LogP contribution in [0.2, 0.25) is 0 Å². The van der Waals surface area contributed by atoms with Crippen molar-refractivity contribution < 1.29 is 28.2 Å².